The quantitative estimate of drug-likeness (QED) is 0.431. The van der Waals surface area contributed by atoms with Crippen LogP contribution in [0.5, 0.6) is 0 Å². The molecule has 0 aromatic heterocycles. The summed E-state index contributed by atoms with van der Waals surface area (Å²) in [6.45, 7) is 1.54. The van der Waals surface area contributed by atoms with Crippen LogP contribution in [0.15, 0.2) is 84.9 Å². The number of ketones is 1. The average molecular weight is 406 g/mol. The number of hydrogen-bond acceptors (Lipinski definition) is 4. The van der Waals surface area contributed by atoms with Crippen molar-refractivity contribution in [3.63, 3.8) is 0 Å². The molecule has 0 amide bonds. The van der Waals surface area contributed by atoms with E-state index in [0.29, 0.717) is 5.56 Å². The fourth-order valence-corrected chi connectivity index (χ4v) is 4.80. The Morgan fingerprint density at radius 1 is 0.862 bits per heavy atom. The first-order valence-electron chi connectivity index (χ1n) is 9.30. The molecule has 1 atom stereocenters. The van der Waals surface area contributed by atoms with Gasteiger partial charge in [-0.3, -0.25) is 9.59 Å². The van der Waals surface area contributed by atoms with Gasteiger partial charge in [0.25, 0.3) is 0 Å². The van der Waals surface area contributed by atoms with Crippen LogP contribution in [-0.4, -0.2) is 28.7 Å². The van der Waals surface area contributed by atoms with E-state index in [0.717, 1.165) is 16.7 Å². The minimum Gasteiger partial charge on any atom is -0.480 e. The van der Waals surface area contributed by atoms with Crippen LogP contribution in [0.3, 0.4) is 0 Å². The molecule has 0 aliphatic heterocycles. The molecule has 0 heterocycles. The number of carbonyl (C=O) groups is 2. The lowest BCUT2D eigenvalue weighted by atomic mass is 9.83. The molecule has 3 aromatic rings. The monoisotopic (exact) mass is 405 g/mol. The molecule has 0 bridgehead atoms. The lowest BCUT2D eigenvalue weighted by Gasteiger charge is -2.36. The molecule has 0 spiro atoms. The summed E-state index contributed by atoms with van der Waals surface area (Å²) in [5.74, 6) is -0.797. The van der Waals surface area contributed by atoms with Crippen LogP contribution in [-0.2, 0) is 9.54 Å². The number of rotatable bonds is 8. The lowest BCUT2D eigenvalue weighted by molar-refractivity contribution is -0.137. The van der Waals surface area contributed by atoms with Gasteiger partial charge in [-0.2, -0.15) is 0 Å². The standard InChI is InChI=1S/C24H23NO3S/c1-17(26)18-12-14-21(15-13-18)24(19-8-4-2-5-9-19,20-10-6-3-7-11-20)29-16-22(25)23(27)28/h2-15,22H,16,25H2,1H3,(H,27,28)/t22-/m0/s1. The van der Waals surface area contributed by atoms with E-state index in [1.54, 1.807) is 0 Å². The van der Waals surface area contributed by atoms with Crippen molar-refractivity contribution in [3.05, 3.63) is 107 Å². The average Bonchev–Trinajstić information content (AvgIpc) is 2.76. The molecule has 5 heteroatoms. The summed E-state index contributed by atoms with van der Waals surface area (Å²) in [7, 11) is 0. The summed E-state index contributed by atoms with van der Waals surface area (Å²) in [4.78, 5) is 23.1. The van der Waals surface area contributed by atoms with Gasteiger partial charge >= 0.3 is 5.97 Å². The predicted molar refractivity (Wildman–Crippen MR) is 117 cm³/mol. The van der Waals surface area contributed by atoms with Crippen molar-refractivity contribution in [1.82, 2.24) is 0 Å². The topological polar surface area (TPSA) is 80.4 Å². The molecule has 3 N–H and O–H groups in total. The molecule has 0 radical (unpaired) electrons. The molecular weight excluding hydrogens is 382 g/mol. The Kier molecular flexibility index (Phi) is 6.52. The van der Waals surface area contributed by atoms with Gasteiger partial charge in [-0.25, -0.2) is 0 Å². The van der Waals surface area contributed by atoms with E-state index in [1.807, 2.05) is 84.9 Å². The van der Waals surface area contributed by atoms with Crippen LogP contribution in [0.4, 0.5) is 0 Å². The van der Waals surface area contributed by atoms with Crippen molar-refractivity contribution >= 4 is 23.5 Å². The summed E-state index contributed by atoms with van der Waals surface area (Å²) < 4.78 is -0.662. The number of hydrogen-bond donors (Lipinski definition) is 2. The van der Waals surface area contributed by atoms with Gasteiger partial charge in [-0.15, -0.1) is 11.8 Å². The van der Waals surface area contributed by atoms with Crippen molar-refractivity contribution in [2.75, 3.05) is 5.75 Å². The SMILES string of the molecule is CC(=O)c1ccc(C(SC[C@H](N)C(=O)O)(c2ccccc2)c2ccccc2)cc1. The third-order valence-electron chi connectivity index (χ3n) is 4.86. The first-order valence-corrected chi connectivity index (χ1v) is 10.3. The number of Topliss-reactive ketones (excluding diaryl/α,β-unsaturated/α-hetero) is 1. The second kappa shape index (κ2) is 9.07. The van der Waals surface area contributed by atoms with Gasteiger partial charge in [0.05, 0.1) is 4.75 Å². The van der Waals surface area contributed by atoms with Gasteiger partial charge in [0, 0.05) is 11.3 Å². The number of nitrogens with two attached hydrogens (primary N) is 1. The largest absolute Gasteiger partial charge is 0.480 e. The predicted octanol–water partition coefficient (Wildman–Crippen LogP) is 4.33. The van der Waals surface area contributed by atoms with Gasteiger partial charge in [0.1, 0.15) is 6.04 Å². The second-order valence-corrected chi connectivity index (χ2v) is 8.04. The molecule has 148 valence electrons. The molecule has 29 heavy (non-hydrogen) atoms. The lowest BCUT2D eigenvalue weighted by Crippen LogP contribution is -2.36. The summed E-state index contributed by atoms with van der Waals surface area (Å²) in [6, 6.07) is 26.4. The normalized spacial score (nSPS) is 12.3. The third kappa shape index (κ3) is 4.42. The van der Waals surface area contributed by atoms with Crippen molar-refractivity contribution in [1.29, 1.82) is 0 Å². The smallest absolute Gasteiger partial charge is 0.321 e. The highest BCUT2D eigenvalue weighted by Gasteiger charge is 2.38. The summed E-state index contributed by atoms with van der Waals surface area (Å²) >= 11 is 1.49. The Bertz CT molecular complexity index is 933. The van der Waals surface area contributed by atoms with Crippen LogP contribution < -0.4 is 5.73 Å². The fourth-order valence-electron chi connectivity index (χ4n) is 3.32. The minimum atomic E-state index is -1.03. The highest BCUT2D eigenvalue weighted by Crippen LogP contribution is 2.48. The summed E-state index contributed by atoms with van der Waals surface area (Å²) in [6.07, 6.45) is 0. The van der Waals surface area contributed by atoms with Crippen molar-refractivity contribution in [2.45, 2.75) is 17.7 Å². The Labute approximate surface area is 174 Å². The zero-order chi connectivity index (χ0) is 20.9. The molecule has 0 saturated heterocycles. The number of carbonyl (C=O) groups excluding carboxylic acids is 1. The van der Waals surface area contributed by atoms with Crippen LogP contribution in [0, 0.1) is 0 Å². The molecule has 0 aliphatic rings. The molecule has 4 nitrogen and oxygen atoms in total. The van der Waals surface area contributed by atoms with E-state index in [-0.39, 0.29) is 11.5 Å². The van der Waals surface area contributed by atoms with Crippen LogP contribution in [0.2, 0.25) is 0 Å². The maximum Gasteiger partial charge on any atom is 0.321 e. The van der Waals surface area contributed by atoms with Crippen LogP contribution >= 0.6 is 11.8 Å². The number of thioether (sulfide) groups is 1. The first kappa shape index (κ1) is 20.8. The van der Waals surface area contributed by atoms with E-state index < -0.39 is 16.8 Å². The zero-order valence-electron chi connectivity index (χ0n) is 16.1. The zero-order valence-corrected chi connectivity index (χ0v) is 16.9. The highest BCUT2D eigenvalue weighted by atomic mass is 32.2. The first-order chi connectivity index (χ1) is 13.9. The Balaban J connectivity index is 2.21. The van der Waals surface area contributed by atoms with Crippen LogP contribution in [0.1, 0.15) is 34.0 Å². The third-order valence-corrected chi connectivity index (χ3v) is 6.52. The molecule has 0 aliphatic carbocycles. The van der Waals surface area contributed by atoms with Gasteiger partial charge in [0.15, 0.2) is 5.78 Å². The molecular formula is C24H23NO3S. The van der Waals surface area contributed by atoms with Gasteiger partial charge in [-0.1, -0.05) is 84.9 Å². The number of benzene rings is 3. The molecule has 3 aromatic carbocycles. The number of carboxylic acid groups (broad SMARTS) is 1. The molecule has 3 rings (SSSR count). The molecule has 0 fully saturated rings. The number of aliphatic carboxylic acids is 1. The van der Waals surface area contributed by atoms with Crippen molar-refractivity contribution in [3.8, 4) is 0 Å². The maximum absolute atomic E-state index is 11.7. The van der Waals surface area contributed by atoms with Gasteiger partial charge in [-0.05, 0) is 23.6 Å². The molecule has 0 unspecified atom stereocenters. The van der Waals surface area contributed by atoms with Gasteiger partial charge < -0.3 is 10.8 Å². The molecule has 0 saturated carbocycles. The van der Waals surface area contributed by atoms with Crippen molar-refractivity contribution in [2.24, 2.45) is 5.73 Å². The Hall–Kier alpha value is -2.89. The van der Waals surface area contributed by atoms with E-state index >= 15 is 0 Å². The fraction of sp³-hybridized carbons (Fsp3) is 0.167. The van der Waals surface area contributed by atoms with E-state index in [4.69, 9.17) is 5.73 Å². The second-order valence-electron chi connectivity index (χ2n) is 6.80. The Morgan fingerprint density at radius 2 is 1.31 bits per heavy atom. The highest BCUT2D eigenvalue weighted by molar-refractivity contribution is 8.00. The van der Waals surface area contributed by atoms with E-state index in [2.05, 4.69) is 0 Å². The Morgan fingerprint density at radius 3 is 1.72 bits per heavy atom. The number of carboxylic acids is 1. The van der Waals surface area contributed by atoms with E-state index in [9.17, 15) is 14.7 Å². The van der Waals surface area contributed by atoms with Crippen molar-refractivity contribution < 1.29 is 14.7 Å². The summed E-state index contributed by atoms with van der Waals surface area (Å²) in [5.41, 5.74) is 9.49. The summed E-state index contributed by atoms with van der Waals surface area (Å²) in [5, 5.41) is 9.31. The minimum absolute atomic E-state index is 0.00197. The maximum atomic E-state index is 11.7. The van der Waals surface area contributed by atoms with E-state index in [1.165, 1.54) is 18.7 Å². The van der Waals surface area contributed by atoms with Gasteiger partial charge in [0.2, 0.25) is 0 Å². The van der Waals surface area contributed by atoms with Crippen LogP contribution in [0.25, 0.3) is 0 Å².